The summed E-state index contributed by atoms with van der Waals surface area (Å²) in [6, 6.07) is 2.48. The van der Waals surface area contributed by atoms with Gasteiger partial charge >= 0.3 is 6.18 Å². The van der Waals surface area contributed by atoms with Crippen molar-refractivity contribution in [1.29, 1.82) is 0 Å². The van der Waals surface area contributed by atoms with Crippen LogP contribution in [0.15, 0.2) is 24.5 Å². The van der Waals surface area contributed by atoms with Crippen molar-refractivity contribution in [2.24, 2.45) is 7.05 Å². The highest BCUT2D eigenvalue weighted by atomic mass is 19.4. The third-order valence-electron chi connectivity index (χ3n) is 3.77. The van der Waals surface area contributed by atoms with Crippen LogP contribution in [0.4, 0.5) is 18.9 Å². The van der Waals surface area contributed by atoms with Gasteiger partial charge in [-0.1, -0.05) is 0 Å². The first-order valence-corrected chi connectivity index (χ1v) is 6.75. The number of aromatic nitrogens is 3. The quantitative estimate of drug-likeness (QED) is 0.924. The number of hydrogen-bond donors (Lipinski definition) is 1. The molecule has 2 aromatic rings. The van der Waals surface area contributed by atoms with Crippen molar-refractivity contribution >= 4 is 5.69 Å². The molecule has 0 spiro atoms. The number of halogens is 3. The van der Waals surface area contributed by atoms with Gasteiger partial charge in [-0.15, -0.1) is 0 Å². The molecular weight excluding hydrogens is 281 g/mol. The number of alkyl halides is 3. The second-order valence-corrected chi connectivity index (χ2v) is 5.19. The summed E-state index contributed by atoms with van der Waals surface area (Å²) in [5.41, 5.74) is 2.01. The van der Waals surface area contributed by atoms with Crippen LogP contribution in [0.3, 0.4) is 0 Å². The van der Waals surface area contributed by atoms with E-state index >= 15 is 0 Å². The van der Waals surface area contributed by atoms with E-state index in [1.165, 1.54) is 18.0 Å². The fourth-order valence-electron chi connectivity index (χ4n) is 2.70. The van der Waals surface area contributed by atoms with E-state index in [4.69, 9.17) is 0 Å². The maximum Gasteiger partial charge on any atom is 0.433 e. The molecule has 0 radical (unpaired) electrons. The minimum Gasteiger partial charge on any atom is -0.377 e. The van der Waals surface area contributed by atoms with Gasteiger partial charge in [0.05, 0.1) is 24.1 Å². The lowest BCUT2D eigenvalue weighted by molar-refractivity contribution is -0.141. The fourth-order valence-corrected chi connectivity index (χ4v) is 2.70. The Morgan fingerprint density at radius 1 is 1.29 bits per heavy atom. The minimum absolute atomic E-state index is 0.0704. The highest BCUT2D eigenvalue weighted by molar-refractivity contribution is 5.45. The number of aryl methyl sites for hydroxylation is 1. The molecule has 4 nitrogen and oxygen atoms in total. The zero-order valence-electron chi connectivity index (χ0n) is 11.5. The SMILES string of the molecule is Cn1ncc2c1CCCC2Nc1ccc(C(F)(F)F)nc1. The van der Waals surface area contributed by atoms with Crippen molar-refractivity contribution in [3.63, 3.8) is 0 Å². The van der Waals surface area contributed by atoms with Crippen LogP contribution < -0.4 is 5.32 Å². The van der Waals surface area contributed by atoms with Crippen molar-refractivity contribution in [3.8, 4) is 0 Å². The van der Waals surface area contributed by atoms with Crippen LogP contribution in [-0.4, -0.2) is 14.8 Å². The molecule has 0 saturated heterocycles. The standard InChI is InChI=1S/C14H15F3N4/c1-21-12-4-2-3-11(10(12)8-19-21)20-9-5-6-13(18-7-9)14(15,16)17/h5-8,11,20H,2-4H2,1H3. The zero-order valence-corrected chi connectivity index (χ0v) is 11.5. The maximum atomic E-state index is 12.5. The first-order chi connectivity index (χ1) is 9.95. The monoisotopic (exact) mass is 296 g/mol. The Labute approximate surface area is 120 Å². The molecule has 7 heteroatoms. The van der Waals surface area contributed by atoms with Crippen molar-refractivity contribution in [2.45, 2.75) is 31.5 Å². The average molecular weight is 296 g/mol. The van der Waals surface area contributed by atoms with Gasteiger partial charge in [0.2, 0.25) is 0 Å². The van der Waals surface area contributed by atoms with Crippen molar-refractivity contribution in [2.75, 3.05) is 5.32 Å². The van der Waals surface area contributed by atoms with Gasteiger partial charge in [-0.05, 0) is 31.4 Å². The summed E-state index contributed by atoms with van der Waals surface area (Å²) in [6.45, 7) is 0. The molecule has 1 unspecified atom stereocenters. The van der Waals surface area contributed by atoms with Crippen LogP contribution in [0.5, 0.6) is 0 Å². The topological polar surface area (TPSA) is 42.7 Å². The fraction of sp³-hybridized carbons (Fsp3) is 0.429. The molecule has 0 amide bonds. The first kappa shape index (κ1) is 13.9. The number of pyridine rings is 1. The second kappa shape index (κ2) is 5.05. The maximum absolute atomic E-state index is 12.5. The Balaban J connectivity index is 1.79. The normalized spacial score (nSPS) is 18.4. The highest BCUT2D eigenvalue weighted by Gasteiger charge is 2.32. The summed E-state index contributed by atoms with van der Waals surface area (Å²) in [5, 5.41) is 7.49. The molecule has 1 aliphatic rings. The Bertz CT molecular complexity index is 631. The third kappa shape index (κ3) is 2.72. The molecule has 2 heterocycles. The Morgan fingerprint density at radius 2 is 2.10 bits per heavy atom. The summed E-state index contributed by atoms with van der Waals surface area (Å²) in [6.07, 6.45) is 1.59. The van der Waals surface area contributed by atoms with Crippen LogP contribution in [0, 0.1) is 0 Å². The molecule has 0 saturated carbocycles. The van der Waals surface area contributed by atoms with Crippen LogP contribution in [0.25, 0.3) is 0 Å². The van der Waals surface area contributed by atoms with Crippen LogP contribution in [-0.2, 0) is 19.6 Å². The predicted octanol–water partition coefficient (Wildman–Crippen LogP) is 3.32. The molecule has 21 heavy (non-hydrogen) atoms. The van der Waals surface area contributed by atoms with E-state index in [0.29, 0.717) is 5.69 Å². The summed E-state index contributed by atoms with van der Waals surface area (Å²) in [5.74, 6) is 0. The highest BCUT2D eigenvalue weighted by Crippen LogP contribution is 2.33. The van der Waals surface area contributed by atoms with E-state index in [1.54, 1.807) is 0 Å². The zero-order chi connectivity index (χ0) is 15.0. The molecule has 0 fully saturated rings. The van der Waals surface area contributed by atoms with Crippen molar-refractivity contribution < 1.29 is 13.2 Å². The van der Waals surface area contributed by atoms with E-state index in [9.17, 15) is 13.2 Å². The third-order valence-corrected chi connectivity index (χ3v) is 3.77. The predicted molar refractivity (Wildman–Crippen MR) is 71.7 cm³/mol. The summed E-state index contributed by atoms with van der Waals surface area (Å²) >= 11 is 0. The lowest BCUT2D eigenvalue weighted by Gasteiger charge is -2.24. The lowest BCUT2D eigenvalue weighted by atomic mass is 9.93. The summed E-state index contributed by atoms with van der Waals surface area (Å²) < 4.78 is 39.3. The minimum atomic E-state index is -4.40. The molecule has 0 bridgehead atoms. The number of anilines is 1. The van der Waals surface area contributed by atoms with E-state index in [2.05, 4.69) is 15.4 Å². The molecule has 1 aliphatic carbocycles. The van der Waals surface area contributed by atoms with E-state index in [-0.39, 0.29) is 6.04 Å². The number of rotatable bonds is 2. The van der Waals surface area contributed by atoms with E-state index in [0.717, 1.165) is 30.9 Å². The van der Waals surface area contributed by atoms with E-state index in [1.807, 2.05) is 17.9 Å². The molecule has 0 aromatic carbocycles. The largest absolute Gasteiger partial charge is 0.433 e. The first-order valence-electron chi connectivity index (χ1n) is 6.75. The molecular formula is C14H15F3N4. The number of hydrogen-bond acceptors (Lipinski definition) is 3. The molecule has 1 N–H and O–H groups in total. The summed E-state index contributed by atoms with van der Waals surface area (Å²) in [7, 11) is 1.90. The van der Waals surface area contributed by atoms with Gasteiger partial charge in [0.15, 0.2) is 0 Å². The number of fused-ring (bicyclic) bond motifs is 1. The Hall–Kier alpha value is -2.05. The average Bonchev–Trinajstić information content (AvgIpc) is 2.82. The summed E-state index contributed by atoms with van der Waals surface area (Å²) in [4.78, 5) is 3.47. The van der Waals surface area contributed by atoms with Crippen LogP contribution >= 0.6 is 0 Å². The van der Waals surface area contributed by atoms with Crippen molar-refractivity contribution in [3.05, 3.63) is 41.5 Å². The molecule has 0 aliphatic heterocycles. The second-order valence-electron chi connectivity index (χ2n) is 5.19. The van der Waals surface area contributed by atoms with Gasteiger partial charge in [0.25, 0.3) is 0 Å². The number of nitrogens with one attached hydrogen (secondary N) is 1. The van der Waals surface area contributed by atoms with Gasteiger partial charge in [-0.3, -0.25) is 4.68 Å². The Morgan fingerprint density at radius 3 is 2.76 bits per heavy atom. The van der Waals surface area contributed by atoms with Gasteiger partial charge in [0, 0.05) is 18.3 Å². The molecule has 1 atom stereocenters. The van der Waals surface area contributed by atoms with Crippen LogP contribution in [0.2, 0.25) is 0 Å². The molecule has 3 rings (SSSR count). The number of nitrogens with zero attached hydrogens (tertiary/aromatic N) is 3. The van der Waals surface area contributed by atoms with Crippen LogP contribution in [0.1, 0.15) is 35.8 Å². The molecule has 112 valence electrons. The van der Waals surface area contributed by atoms with Gasteiger partial charge in [-0.25, -0.2) is 4.98 Å². The Kier molecular flexibility index (Phi) is 3.35. The van der Waals surface area contributed by atoms with Gasteiger partial charge in [-0.2, -0.15) is 18.3 Å². The molecule has 2 aromatic heterocycles. The lowest BCUT2D eigenvalue weighted by Crippen LogP contribution is -2.18. The van der Waals surface area contributed by atoms with E-state index < -0.39 is 11.9 Å². The van der Waals surface area contributed by atoms with Gasteiger partial charge in [0.1, 0.15) is 5.69 Å². The van der Waals surface area contributed by atoms with Crippen molar-refractivity contribution in [1.82, 2.24) is 14.8 Å². The smallest absolute Gasteiger partial charge is 0.377 e. The van der Waals surface area contributed by atoms with Gasteiger partial charge < -0.3 is 5.32 Å².